The van der Waals surface area contributed by atoms with E-state index in [2.05, 4.69) is 9.97 Å². The van der Waals surface area contributed by atoms with Crippen LogP contribution in [-0.2, 0) is 6.54 Å². The standard InChI is InChI=1S/C11H17N3O/c1-15-11-13-9(7-12)6-10(14-11)8-4-2-3-5-8/h6,8H,2-5,7,12H2,1H3. The summed E-state index contributed by atoms with van der Waals surface area (Å²) in [6.07, 6.45) is 5.05. The van der Waals surface area contributed by atoms with Crippen molar-refractivity contribution < 1.29 is 4.74 Å². The molecular weight excluding hydrogens is 190 g/mol. The summed E-state index contributed by atoms with van der Waals surface area (Å²) in [5.74, 6) is 0.576. The van der Waals surface area contributed by atoms with Gasteiger partial charge in [-0.15, -0.1) is 0 Å². The zero-order valence-electron chi connectivity index (χ0n) is 9.07. The van der Waals surface area contributed by atoms with Crippen LogP contribution in [-0.4, -0.2) is 17.1 Å². The summed E-state index contributed by atoms with van der Waals surface area (Å²) in [7, 11) is 1.59. The molecule has 4 nitrogen and oxygen atoms in total. The first-order valence-corrected chi connectivity index (χ1v) is 5.45. The van der Waals surface area contributed by atoms with Crippen LogP contribution in [0.15, 0.2) is 6.07 Å². The average molecular weight is 207 g/mol. The minimum absolute atomic E-state index is 0.443. The topological polar surface area (TPSA) is 61.0 Å². The Morgan fingerprint density at radius 1 is 1.40 bits per heavy atom. The van der Waals surface area contributed by atoms with Gasteiger partial charge in [0.05, 0.1) is 18.5 Å². The number of hydrogen-bond donors (Lipinski definition) is 1. The minimum atomic E-state index is 0.443. The highest BCUT2D eigenvalue weighted by molar-refractivity contribution is 5.18. The molecule has 1 aliphatic carbocycles. The van der Waals surface area contributed by atoms with Crippen LogP contribution in [0.4, 0.5) is 0 Å². The second-order valence-corrected chi connectivity index (χ2v) is 3.96. The molecule has 1 heterocycles. The third-order valence-corrected chi connectivity index (χ3v) is 2.94. The second-order valence-electron chi connectivity index (χ2n) is 3.96. The predicted molar refractivity (Wildman–Crippen MR) is 57.7 cm³/mol. The van der Waals surface area contributed by atoms with E-state index in [1.54, 1.807) is 7.11 Å². The van der Waals surface area contributed by atoms with Gasteiger partial charge in [0.1, 0.15) is 0 Å². The molecular formula is C11H17N3O. The van der Waals surface area contributed by atoms with Crippen molar-refractivity contribution in [3.8, 4) is 6.01 Å². The van der Waals surface area contributed by atoms with Crippen molar-refractivity contribution >= 4 is 0 Å². The molecule has 0 saturated heterocycles. The highest BCUT2D eigenvalue weighted by Crippen LogP contribution is 2.33. The Kier molecular flexibility index (Phi) is 3.16. The van der Waals surface area contributed by atoms with Crippen LogP contribution in [0.3, 0.4) is 0 Å². The van der Waals surface area contributed by atoms with Gasteiger partial charge in [0.2, 0.25) is 0 Å². The van der Waals surface area contributed by atoms with Crippen molar-refractivity contribution in [3.05, 3.63) is 17.5 Å². The van der Waals surface area contributed by atoms with Crippen molar-refractivity contribution in [2.45, 2.75) is 38.1 Å². The zero-order valence-corrected chi connectivity index (χ0v) is 9.07. The monoisotopic (exact) mass is 207 g/mol. The Bertz CT molecular complexity index is 312. The Balaban J connectivity index is 2.28. The summed E-state index contributed by atoms with van der Waals surface area (Å²) < 4.78 is 5.08. The van der Waals surface area contributed by atoms with Crippen LogP contribution in [0.25, 0.3) is 0 Å². The van der Waals surface area contributed by atoms with E-state index < -0.39 is 0 Å². The van der Waals surface area contributed by atoms with Gasteiger partial charge < -0.3 is 10.5 Å². The Hall–Kier alpha value is -1.16. The van der Waals surface area contributed by atoms with Gasteiger partial charge in [-0.25, -0.2) is 0 Å². The van der Waals surface area contributed by atoms with Gasteiger partial charge in [0, 0.05) is 12.5 Å². The first kappa shape index (κ1) is 10.4. The van der Waals surface area contributed by atoms with Crippen molar-refractivity contribution in [1.82, 2.24) is 9.97 Å². The molecule has 1 aromatic heterocycles. The van der Waals surface area contributed by atoms with Gasteiger partial charge in [0.15, 0.2) is 0 Å². The van der Waals surface area contributed by atoms with Crippen LogP contribution in [0.1, 0.15) is 43.0 Å². The maximum absolute atomic E-state index is 5.60. The molecule has 0 unspecified atom stereocenters. The number of aromatic nitrogens is 2. The Labute approximate surface area is 89.9 Å². The lowest BCUT2D eigenvalue weighted by atomic mass is 10.0. The van der Waals surface area contributed by atoms with Crippen LogP contribution >= 0.6 is 0 Å². The van der Waals surface area contributed by atoms with E-state index in [9.17, 15) is 0 Å². The summed E-state index contributed by atoms with van der Waals surface area (Å²) >= 11 is 0. The van der Waals surface area contributed by atoms with Crippen LogP contribution in [0.2, 0.25) is 0 Å². The van der Waals surface area contributed by atoms with E-state index in [1.807, 2.05) is 6.07 Å². The molecule has 0 atom stereocenters. The molecule has 2 rings (SSSR count). The van der Waals surface area contributed by atoms with E-state index in [1.165, 1.54) is 25.7 Å². The number of ether oxygens (including phenoxy) is 1. The van der Waals surface area contributed by atoms with Gasteiger partial charge in [-0.2, -0.15) is 9.97 Å². The Morgan fingerprint density at radius 2 is 2.13 bits per heavy atom. The molecule has 0 aliphatic heterocycles. The Morgan fingerprint density at radius 3 is 2.73 bits per heavy atom. The third-order valence-electron chi connectivity index (χ3n) is 2.94. The number of rotatable bonds is 3. The first-order chi connectivity index (χ1) is 7.33. The van der Waals surface area contributed by atoms with Gasteiger partial charge in [0.25, 0.3) is 0 Å². The molecule has 1 saturated carbocycles. The summed E-state index contributed by atoms with van der Waals surface area (Å²) in [6, 6.07) is 2.46. The summed E-state index contributed by atoms with van der Waals surface area (Å²) in [6.45, 7) is 0.443. The molecule has 0 spiro atoms. The third kappa shape index (κ3) is 2.26. The number of nitrogens with zero attached hydrogens (tertiary/aromatic N) is 2. The molecule has 0 amide bonds. The summed E-state index contributed by atoms with van der Waals surface area (Å²) in [4.78, 5) is 8.58. The fourth-order valence-corrected chi connectivity index (χ4v) is 2.12. The maximum atomic E-state index is 5.60. The van der Waals surface area contributed by atoms with Crippen molar-refractivity contribution in [1.29, 1.82) is 0 Å². The smallest absolute Gasteiger partial charge is 0.316 e. The quantitative estimate of drug-likeness (QED) is 0.817. The fraction of sp³-hybridized carbons (Fsp3) is 0.636. The number of nitrogens with two attached hydrogens (primary N) is 1. The molecule has 1 fully saturated rings. The van der Waals surface area contributed by atoms with E-state index >= 15 is 0 Å². The predicted octanol–water partition coefficient (Wildman–Crippen LogP) is 1.60. The summed E-state index contributed by atoms with van der Waals surface area (Å²) in [5, 5.41) is 0. The lowest BCUT2D eigenvalue weighted by Gasteiger charge is -2.10. The summed E-state index contributed by atoms with van der Waals surface area (Å²) in [5.41, 5.74) is 7.56. The fourth-order valence-electron chi connectivity index (χ4n) is 2.12. The highest BCUT2D eigenvalue weighted by Gasteiger charge is 2.19. The lowest BCUT2D eigenvalue weighted by molar-refractivity contribution is 0.374. The van der Waals surface area contributed by atoms with Crippen LogP contribution < -0.4 is 10.5 Å². The van der Waals surface area contributed by atoms with Crippen LogP contribution in [0, 0.1) is 0 Å². The molecule has 0 radical (unpaired) electrons. The van der Waals surface area contributed by atoms with Gasteiger partial charge in [-0.1, -0.05) is 12.8 Å². The van der Waals surface area contributed by atoms with Gasteiger partial charge in [-0.3, -0.25) is 0 Å². The molecule has 0 aromatic carbocycles. The maximum Gasteiger partial charge on any atom is 0.316 e. The van der Waals surface area contributed by atoms with E-state index in [4.69, 9.17) is 10.5 Å². The average Bonchev–Trinajstić information content (AvgIpc) is 2.81. The van der Waals surface area contributed by atoms with Crippen molar-refractivity contribution in [3.63, 3.8) is 0 Å². The van der Waals surface area contributed by atoms with Gasteiger partial charge in [-0.05, 0) is 18.9 Å². The molecule has 15 heavy (non-hydrogen) atoms. The second kappa shape index (κ2) is 4.57. The SMILES string of the molecule is COc1nc(CN)cc(C2CCCC2)n1. The minimum Gasteiger partial charge on any atom is -0.467 e. The van der Waals surface area contributed by atoms with E-state index in [0.29, 0.717) is 18.5 Å². The van der Waals surface area contributed by atoms with E-state index in [0.717, 1.165) is 11.4 Å². The number of hydrogen-bond acceptors (Lipinski definition) is 4. The zero-order chi connectivity index (χ0) is 10.7. The molecule has 1 aliphatic rings. The molecule has 82 valence electrons. The molecule has 0 bridgehead atoms. The van der Waals surface area contributed by atoms with Crippen LogP contribution in [0.5, 0.6) is 6.01 Å². The largest absolute Gasteiger partial charge is 0.467 e. The van der Waals surface area contributed by atoms with Crippen molar-refractivity contribution in [2.24, 2.45) is 5.73 Å². The van der Waals surface area contributed by atoms with Gasteiger partial charge >= 0.3 is 6.01 Å². The normalized spacial score (nSPS) is 16.9. The number of methoxy groups -OCH3 is 1. The molecule has 1 aromatic rings. The highest BCUT2D eigenvalue weighted by atomic mass is 16.5. The molecule has 2 N–H and O–H groups in total. The molecule has 4 heteroatoms. The first-order valence-electron chi connectivity index (χ1n) is 5.45. The lowest BCUT2D eigenvalue weighted by Crippen LogP contribution is -2.07. The van der Waals surface area contributed by atoms with Crippen molar-refractivity contribution in [2.75, 3.05) is 7.11 Å². The van der Waals surface area contributed by atoms with E-state index in [-0.39, 0.29) is 0 Å².